The van der Waals surface area contributed by atoms with Crippen LogP contribution in [-0.4, -0.2) is 80.3 Å². The molecule has 1 saturated heterocycles. The molecular formula is C31H40N4O2. The minimum absolute atomic E-state index is 0.264. The Kier molecular flexibility index (Phi) is 6.72. The molecule has 0 bridgehead atoms. The number of methoxy groups -OCH3 is 1. The first-order chi connectivity index (χ1) is 18.0. The van der Waals surface area contributed by atoms with E-state index in [9.17, 15) is 4.79 Å². The number of ether oxygens (including phenoxy) is 1. The zero-order valence-corrected chi connectivity index (χ0v) is 22.6. The van der Waals surface area contributed by atoms with Crippen molar-refractivity contribution in [2.24, 2.45) is 0 Å². The molecule has 1 unspecified atom stereocenters. The number of piperazine rings is 1. The van der Waals surface area contributed by atoms with Gasteiger partial charge < -0.3 is 19.1 Å². The third-order valence-electron chi connectivity index (χ3n) is 8.83. The first-order valence-electron chi connectivity index (χ1n) is 14.0. The van der Waals surface area contributed by atoms with E-state index in [1.165, 1.54) is 72.6 Å². The van der Waals surface area contributed by atoms with Gasteiger partial charge in [-0.05, 0) is 56.6 Å². The second kappa shape index (κ2) is 10.1. The zero-order valence-electron chi connectivity index (χ0n) is 22.6. The van der Waals surface area contributed by atoms with E-state index in [0.717, 1.165) is 39.3 Å². The summed E-state index contributed by atoms with van der Waals surface area (Å²) in [6.07, 6.45) is 6.44. The van der Waals surface area contributed by atoms with E-state index >= 15 is 0 Å². The van der Waals surface area contributed by atoms with E-state index < -0.39 is 0 Å². The third kappa shape index (κ3) is 4.44. The average Bonchev–Trinajstić information content (AvgIpc) is 3.17. The topological polar surface area (TPSA) is 41.0 Å². The maximum absolute atomic E-state index is 12.5. The van der Waals surface area contributed by atoms with Gasteiger partial charge in [-0.2, -0.15) is 0 Å². The summed E-state index contributed by atoms with van der Waals surface area (Å²) in [7, 11) is 5.78. The van der Waals surface area contributed by atoms with Gasteiger partial charge in [0.1, 0.15) is 0 Å². The van der Waals surface area contributed by atoms with Crippen LogP contribution < -0.4 is 4.90 Å². The molecule has 1 aliphatic carbocycles. The van der Waals surface area contributed by atoms with Crippen LogP contribution in [0.2, 0.25) is 0 Å². The van der Waals surface area contributed by atoms with E-state index in [1.807, 2.05) is 6.07 Å². The molecule has 3 heterocycles. The minimum Gasteiger partial charge on any atom is -0.465 e. The SMILES string of the molecule is COC(=O)c1ccc2c(C3CCCCC3)c3n(c2c1)CC1CN(CCN(C)C)CCN1c1ccccc1-3. The van der Waals surface area contributed by atoms with Gasteiger partial charge in [0.2, 0.25) is 0 Å². The highest BCUT2D eigenvalue weighted by Crippen LogP contribution is 2.48. The molecule has 1 aromatic heterocycles. The predicted molar refractivity (Wildman–Crippen MR) is 151 cm³/mol. The first-order valence-corrected chi connectivity index (χ1v) is 14.0. The van der Waals surface area contributed by atoms with Crippen molar-refractivity contribution >= 4 is 22.6 Å². The molecule has 6 rings (SSSR count). The second-order valence-corrected chi connectivity index (χ2v) is 11.4. The number of hydrogen-bond donors (Lipinski definition) is 0. The van der Waals surface area contributed by atoms with E-state index in [0.29, 0.717) is 17.5 Å². The van der Waals surface area contributed by atoms with Crippen molar-refractivity contribution in [2.75, 3.05) is 58.8 Å². The number of rotatable bonds is 5. The molecule has 0 spiro atoms. The fourth-order valence-electron chi connectivity index (χ4n) is 6.98. The lowest BCUT2D eigenvalue weighted by Crippen LogP contribution is -2.55. The summed E-state index contributed by atoms with van der Waals surface area (Å²) in [5.41, 5.74) is 7.42. The molecule has 2 aromatic carbocycles. The van der Waals surface area contributed by atoms with Crippen LogP contribution in [0.3, 0.4) is 0 Å². The first kappa shape index (κ1) is 24.5. The van der Waals surface area contributed by atoms with Crippen molar-refractivity contribution in [1.29, 1.82) is 0 Å². The van der Waals surface area contributed by atoms with E-state index in [2.05, 4.69) is 69.8 Å². The van der Waals surface area contributed by atoms with Gasteiger partial charge in [-0.1, -0.05) is 43.5 Å². The number of carbonyl (C=O) groups is 1. The van der Waals surface area contributed by atoms with Crippen LogP contribution in [0.15, 0.2) is 42.5 Å². The van der Waals surface area contributed by atoms with Crippen molar-refractivity contribution in [3.05, 3.63) is 53.6 Å². The van der Waals surface area contributed by atoms with Crippen molar-refractivity contribution in [3.8, 4) is 11.3 Å². The van der Waals surface area contributed by atoms with E-state index in [1.54, 1.807) is 0 Å². The van der Waals surface area contributed by atoms with Gasteiger partial charge in [-0.25, -0.2) is 4.79 Å². The number of aromatic nitrogens is 1. The summed E-state index contributed by atoms with van der Waals surface area (Å²) >= 11 is 0. The Morgan fingerprint density at radius 2 is 1.84 bits per heavy atom. The molecule has 3 aromatic rings. The van der Waals surface area contributed by atoms with Crippen LogP contribution in [0.5, 0.6) is 0 Å². The van der Waals surface area contributed by atoms with Gasteiger partial charge in [-0.3, -0.25) is 4.90 Å². The Labute approximate surface area is 220 Å². The summed E-state index contributed by atoms with van der Waals surface area (Å²) in [5, 5.41) is 1.32. The molecule has 6 nitrogen and oxygen atoms in total. The standard InChI is InChI=1S/C31H40N4O2/c1-32(2)15-16-33-17-18-34-24(20-33)21-35-28-19-23(31(36)37-3)13-14-25(28)29(22-9-5-4-6-10-22)30(35)26-11-7-8-12-27(26)34/h7-8,11-14,19,22,24H,4-6,9-10,15-18,20-21H2,1-3H3. The van der Waals surface area contributed by atoms with Crippen molar-refractivity contribution in [1.82, 2.24) is 14.4 Å². The summed E-state index contributed by atoms with van der Waals surface area (Å²) in [6.45, 7) is 6.29. The Hall–Kier alpha value is -2.83. The molecule has 3 aliphatic rings. The largest absolute Gasteiger partial charge is 0.465 e. The van der Waals surface area contributed by atoms with Gasteiger partial charge in [0, 0.05) is 61.4 Å². The summed E-state index contributed by atoms with van der Waals surface area (Å²) < 4.78 is 7.67. The number of benzene rings is 2. The average molecular weight is 501 g/mol. The van der Waals surface area contributed by atoms with Crippen molar-refractivity contribution < 1.29 is 9.53 Å². The number of carbonyl (C=O) groups excluding carboxylic acids is 1. The fourth-order valence-corrected chi connectivity index (χ4v) is 6.98. The molecule has 196 valence electrons. The van der Waals surface area contributed by atoms with Gasteiger partial charge in [0.05, 0.1) is 24.4 Å². The number of para-hydroxylation sites is 1. The molecule has 37 heavy (non-hydrogen) atoms. The van der Waals surface area contributed by atoms with Gasteiger partial charge >= 0.3 is 5.97 Å². The second-order valence-electron chi connectivity index (χ2n) is 11.4. The molecule has 1 saturated carbocycles. The number of hydrogen-bond acceptors (Lipinski definition) is 5. The molecule has 2 aliphatic heterocycles. The number of likely N-dealkylation sites (N-methyl/N-ethyl adjacent to an activating group) is 1. The normalized spacial score (nSPS) is 20.4. The lowest BCUT2D eigenvalue weighted by Gasteiger charge is -2.42. The maximum atomic E-state index is 12.5. The highest BCUT2D eigenvalue weighted by atomic mass is 16.5. The lowest BCUT2D eigenvalue weighted by atomic mass is 9.81. The number of fused-ring (bicyclic) bond motifs is 7. The van der Waals surface area contributed by atoms with Gasteiger partial charge in [-0.15, -0.1) is 0 Å². The summed E-state index contributed by atoms with van der Waals surface area (Å²) in [5.74, 6) is 0.302. The van der Waals surface area contributed by atoms with Gasteiger partial charge in [0.15, 0.2) is 0 Å². The summed E-state index contributed by atoms with van der Waals surface area (Å²) in [4.78, 5) is 20.1. The Morgan fingerprint density at radius 1 is 1.03 bits per heavy atom. The lowest BCUT2D eigenvalue weighted by molar-refractivity contribution is 0.0601. The fraction of sp³-hybridized carbons (Fsp3) is 0.516. The van der Waals surface area contributed by atoms with Crippen LogP contribution in [0.1, 0.15) is 53.9 Å². The third-order valence-corrected chi connectivity index (χ3v) is 8.83. The monoisotopic (exact) mass is 500 g/mol. The quantitative estimate of drug-likeness (QED) is 0.450. The maximum Gasteiger partial charge on any atom is 0.337 e. The molecule has 0 N–H and O–H groups in total. The molecule has 1 atom stereocenters. The molecule has 6 heteroatoms. The Morgan fingerprint density at radius 3 is 2.62 bits per heavy atom. The highest BCUT2D eigenvalue weighted by Gasteiger charge is 2.36. The van der Waals surface area contributed by atoms with Crippen LogP contribution in [0.4, 0.5) is 5.69 Å². The van der Waals surface area contributed by atoms with Crippen LogP contribution in [0, 0.1) is 0 Å². The number of esters is 1. The Bertz CT molecular complexity index is 1290. The van der Waals surface area contributed by atoms with Gasteiger partial charge in [0.25, 0.3) is 0 Å². The predicted octanol–water partition coefficient (Wildman–Crippen LogP) is 5.21. The van der Waals surface area contributed by atoms with E-state index in [4.69, 9.17) is 4.74 Å². The molecule has 0 amide bonds. The molecule has 0 radical (unpaired) electrons. The highest BCUT2D eigenvalue weighted by molar-refractivity contribution is 6.00. The van der Waals surface area contributed by atoms with E-state index in [-0.39, 0.29) is 5.97 Å². The van der Waals surface area contributed by atoms with Crippen LogP contribution in [-0.2, 0) is 11.3 Å². The zero-order chi connectivity index (χ0) is 25.5. The number of nitrogens with zero attached hydrogens (tertiary/aromatic N) is 4. The van der Waals surface area contributed by atoms with Crippen molar-refractivity contribution in [2.45, 2.75) is 50.6 Å². The minimum atomic E-state index is -0.264. The molecular weight excluding hydrogens is 460 g/mol. The smallest absolute Gasteiger partial charge is 0.337 e. The van der Waals surface area contributed by atoms with Crippen molar-refractivity contribution in [3.63, 3.8) is 0 Å². The number of anilines is 1. The van der Waals surface area contributed by atoms with Crippen LogP contribution >= 0.6 is 0 Å². The molecule has 2 fully saturated rings. The Balaban J connectivity index is 1.53. The summed E-state index contributed by atoms with van der Waals surface area (Å²) in [6, 6.07) is 15.7. The van der Waals surface area contributed by atoms with Crippen LogP contribution in [0.25, 0.3) is 22.2 Å².